The maximum atomic E-state index is 11.9. The van der Waals surface area contributed by atoms with Crippen LogP contribution < -0.4 is 5.32 Å². The fourth-order valence-electron chi connectivity index (χ4n) is 1.83. The van der Waals surface area contributed by atoms with E-state index in [1.54, 1.807) is 6.92 Å². The van der Waals surface area contributed by atoms with E-state index >= 15 is 0 Å². The molecular weight excluding hydrogens is 236 g/mol. The van der Waals surface area contributed by atoms with Crippen LogP contribution in [0.25, 0.3) is 0 Å². The lowest BCUT2D eigenvalue weighted by molar-refractivity contribution is -0.147. The molecular formula is C12H18N2O4. The minimum Gasteiger partial charge on any atom is -0.467 e. The van der Waals surface area contributed by atoms with Gasteiger partial charge in [-0.3, -0.25) is 4.79 Å². The van der Waals surface area contributed by atoms with Crippen molar-refractivity contribution in [2.24, 2.45) is 11.8 Å². The molecule has 0 bridgehead atoms. The van der Waals surface area contributed by atoms with Gasteiger partial charge >= 0.3 is 5.97 Å². The summed E-state index contributed by atoms with van der Waals surface area (Å²) in [6.07, 6.45) is 0.841. The van der Waals surface area contributed by atoms with Gasteiger partial charge in [-0.15, -0.1) is 0 Å². The number of ether oxygens (including phenoxy) is 2. The van der Waals surface area contributed by atoms with Crippen LogP contribution in [0.2, 0.25) is 0 Å². The first-order valence-corrected chi connectivity index (χ1v) is 5.93. The van der Waals surface area contributed by atoms with Crippen LogP contribution >= 0.6 is 0 Å². The molecule has 0 saturated carbocycles. The Kier molecular flexibility index (Phi) is 5.59. The van der Waals surface area contributed by atoms with Crippen LogP contribution in [0.15, 0.2) is 0 Å². The Labute approximate surface area is 106 Å². The second-order valence-electron chi connectivity index (χ2n) is 4.41. The molecule has 0 radical (unpaired) electrons. The van der Waals surface area contributed by atoms with Crippen LogP contribution in [-0.4, -0.2) is 38.2 Å². The zero-order chi connectivity index (χ0) is 13.5. The number of nitriles is 1. The van der Waals surface area contributed by atoms with Crippen molar-refractivity contribution in [3.8, 4) is 6.07 Å². The Morgan fingerprint density at radius 3 is 2.83 bits per heavy atom. The van der Waals surface area contributed by atoms with Crippen molar-refractivity contribution in [1.29, 1.82) is 5.26 Å². The smallest absolute Gasteiger partial charge is 0.328 e. The molecule has 1 amide bonds. The highest BCUT2D eigenvalue weighted by molar-refractivity contribution is 5.86. The van der Waals surface area contributed by atoms with E-state index in [0.29, 0.717) is 19.6 Å². The molecule has 18 heavy (non-hydrogen) atoms. The van der Waals surface area contributed by atoms with Gasteiger partial charge in [-0.05, 0) is 6.42 Å². The van der Waals surface area contributed by atoms with Crippen LogP contribution in [0.3, 0.4) is 0 Å². The number of hydrogen-bond donors (Lipinski definition) is 1. The second kappa shape index (κ2) is 6.97. The van der Waals surface area contributed by atoms with Crippen molar-refractivity contribution >= 4 is 11.9 Å². The number of nitrogens with one attached hydrogen (secondary N) is 1. The fourth-order valence-corrected chi connectivity index (χ4v) is 1.83. The quantitative estimate of drug-likeness (QED) is 0.709. The van der Waals surface area contributed by atoms with Crippen molar-refractivity contribution in [3.63, 3.8) is 0 Å². The predicted molar refractivity (Wildman–Crippen MR) is 62.3 cm³/mol. The Balaban J connectivity index is 2.62. The monoisotopic (exact) mass is 254 g/mol. The van der Waals surface area contributed by atoms with Crippen LogP contribution in [0.4, 0.5) is 0 Å². The van der Waals surface area contributed by atoms with E-state index in [4.69, 9.17) is 10.00 Å². The second-order valence-corrected chi connectivity index (χ2v) is 4.41. The summed E-state index contributed by atoms with van der Waals surface area (Å²) in [4.78, 5) is 23.5. The van der Waals surface area contributed by atoms with Gasteiger partial charge in [0.1, 0.15) is 6.04 Å². The Bertz CT molecular complexity index is 344. The van der Waals surface area contributed by atoms with Gasteiger partial charge in [-0.1, -0.05) is 6.92 Å². The minimum atomic E-state index is -0.775. The van der Waals surface area contributed by atoms with E-state index in [-0.39, 0.29) is 24.2 Å². The van der Waals surface area contributed by atoms with E-state index < -0.39 is 12.0 Å². The summed E-state index contributed by atoms with van der Waals surface area (Å²) in [6, 6.07) is 1.21. The molecule has 1 rings (SSSR count). The molecule has 1 aliphatic heterocycles. The van der Waals surface area contributed by atoms with Crippen molar-refractivity contribution < 1.29 is 19.1 Å². The third-order valence-electron chi connectivity index (χ3n) is 3.04. The van der Waals surface area contributed by atoms with Gasteiger partial charge in [0.25, 0.3) is 0 Å². The Morgan fingerprint density at radius 1 is 1.61 bits per heavy atom. The third-order valence-corrected chi connectivity index (χ3v) is 3.04. The number of hydrogen-bond acceptors (Lipinski definition) is 5. The molecule has 0 spiro atoms. The molecule has 1 N–H and O–H groups in total. The lowest BCUT2D eigenvalue weighted by Crippen LogP contribution is -2.48. The van der Waals surface area contributed by atoms with Crippen LogP contribution in [0.5, 0.6) is 0 Å². The summed E-state index contributed by atoms with van der Waals surface area (Å²) in [5, 5.41) is 11.3. The molecule has 0 aliphatic carbocycles. The van der Waals surface area contributed by atoms with Crippen LogP contribution in [0, 0.1) is 23.2 Å². The summed E-state index contributed by atoms with van der Waals surface area (Å²) in [5.74, 6) is -1.24. The number of carbonyl (C=O) groups excluding carboxylic acids is 2. The maximum absolute atomic E-state index is 11.9. The van der Waals surface area contributed by atoms with Gasteiger partial charge in [0.15, 0.2) is 0 Å². The normalized spacial score (nSPS) is 21.7. The van der Waals surface area contributed by atoms with E-state index in [9.17, 15) is 9.59 Å². The highest BCUT2D eigenvalue weighted by Crippen LogP contribution is 2.15. The molecule has 100 valence electrons. The molecule has 0 unspecified atom stereocenters. The summed E-state index contributed by atoms with van der Waals surface area (Å²) >= 11 is 0. The van der Waals surface area contributed by atoms with E-state index in [1.807, 2.05) is 6.07 Å². The highest BCUT2D eigenvalue weighted by atomic mass is 16.5. The molecule has 1 saturated heterocycles. The average Bonchev–Trinajstić information content (AvgIpc) is 2.88. The summed E-state index contributed by atoms with van der Waals surface area (Å²) in [6.45, 7) is 2.68. The highest BCUT2D eigenvalue weighted by Gasteiger charge is 2.31. The predicted octanol–water partition coefficient (Wildman–Crippen LogP) is 0.230. The van der Waals surface area contributed by atoms with Crippen molar-refractivity contribution in [2.75, 3.05) is 20.3 Å². The molecule has 0 aromatic carbocycles. The molecule has 1 heterocycles. The lowest BCUT2D eigenvalue weighted by atomic mass is 9.97. The topological polar surface area (TPSA) is 88.4 Å². The van der Waals surface area contributed by atoms with Gasteiger partial charge in [-0.2, -0.15) is 5.26 Å². The number of rotatable bonds is 5. The van der Waals surface area contributed by atoms with Crippen molar-refractivity contribution in [1.82, 2.24) is 5.32 Å². The molecule has 0 aromatic heterocycles. The van der Waals surface area contributed by atoms with Gasteiger partial charge in [0.2, 0.25) is 5.91 Å². The molecule has 6 nitrogen and oxygen atoms in total. The molecule has 6 heteroatoms. The number of amides is 1. The van der Waals surface area contributed by atoms with E-state index in [1.165, 1.54) is 7.11 Å². The molecule has 1 fully saturated rings. The largest absolute Gasteiger partial charge is 0.467 e. The average molecular weight is 254 g/mol. The van der Waals surface area contributed by atoms with Crippen LogP contribution in [0.1, 0.15) is 19.8 Å². The van der Waals surface area contributed by atoms with Crippen LogP contribution in [-0.2, 0) is 19.1 Å². The minimum absolute atomic E-state index is 0.182. The number of esters is 1. The summed E-state index contributed by atoms with van der Waals surface area (Å²) in [5.41, 5.74) is 0. The number of nitrogens with zero attached hydrogens (tertiary/aromatic N) is 1. The molecule has 0 aromatic rings. The standard InChI is InChI=1S/C12H18N2O4/c1-8(3-5-13)10(12(16)17-2)14-11(15)9-4-6-18-7-9/h8-10H,3-4,6-7H2,1-2H3,(H,14,15)/t8-,9-,10+/m0/s1. The zero-order valence-corrected chi connectivity index (χ0v) is 10.6. The summed E-state index contributed by atoms with van der Waals surface area (Å²) in [7, 11) is 1.26. The SMILES string of the molecule is COC(=O)[C@H](NC(=O)[C@H]1CCOC1)[C@@H](C)CC#N. The van der Waals surface area contributed by atoms with Gasteiger partial charge in [0.05, 0.1) is 25.7 Å². The summed E-state index contributed by atoms with van der Waals surface area (Å²) < 4.78 is 9.77. The Morgan fingerprint density at radius 2 is 2.33 bits per heavy atom. The maximum Gasteiger partial charge on any atom is 0.328 e. The first kappa shape index (κ1) is 14.5. The van der Waals surface area contributed by atoms with Crippen molar-refractivity contribution in [2.45, 2.75) is 25.8 Å². The van der Waals surface area contributed by atoms with Gasteiger partial charge in [0, 0.05) is 18.9 Å². The first-order valence-electron chi connectivity index (χ1n) is 5.93. The number of carbonyl (C=O) groups is 2. The zero-order valence-electron chi connectivity index (χ0n) is 10.6. The van der Waals surface area contributed by atoms with Crippen molar-refractivity contribution in [3.05, 3.63) is 0 Å². The molecule has 1 aliphatic rings. The van der Waals surface area contributed by atoms with E-state index in [2.05, 4.69) is 10.1 Å². The number of methoxy groups -OCH3 is 1. The lowest BCUT2D eigenvalue weighted by Gasteiger charge is -2.22. The molecule has 3 atom stereocenters. The van der Waals surface area contributed by atoms with Gasteiger partial charge in [-0.25, -0.2) is 4.79 Å². The third kappa shape index (κ3) is 3.70. The fraction of sp³-hybridized carbons (Fsp3) is 0.750. The van der Waals surface area contributed by atoms with E-state index in [0.717, 1.165) is 0 Å². The first-order chi connectivity index (χ1) is 8.60. The van der Waals surface area contributed by atoms with Gasteiger partial charge < -0.3 is 14.8 Å². The Hall–Kier alpha value is -1.61.